The molecule has 0 unspecified atom stereocenters. The van der Waals surface area contributed by atoms with E-state index in [0.29, 0.717) is 38.6 Å². The fourth-order valence-corrected chi connectivity index (χ4v) is 4.65. The van der Waals surface area contributed by atoms with Gasteiger partial charge >= 0.3 is 0 Å². The van der Waals surface area contributed by atoms with Gasteiger partial charge in [0.05, 0.1) is 5.54 Å². The van der Waals surface area contributed by atoms with Crippen LogP contribution in [0.15, 0.2) is 91.1 Å². The fourth-order valence-electron chi connectivity index (χ4n) is 4.42. The summed E-state index contributed by atoms with van der Waals surface area (Å²) >= 11 is 6.55. The van der Waals surface area contributed by atoms with E-state index < -0.39 is 17.3 Å². The highest BCUT2D eigenvalue weighted by Crippen LogP contribution is 2.32. The monoisotopic (exact) mass is 526 g/mol. The Balaban J connectivity index is 1.54. The minimum absolute atomic E-state index is 0.156. The number of nitrogens with two attached hydrogens (primary N) is 1. The quantitative estimate of drug-likeness (QED) is 0.275. The highest BCUT2D eigenvalue weighted by Gasteiger charge is 2.24. The summed E-state index contributed by atoms with van der Waals surface area (Å²) < 4.78 is 15.0. The number of carbonyl (C=O) groups is 2. The van der Waals surface area contributed by atoms with Crippen LogP contribution in [0, 0.1) is 5.82 Å². The minimum atomic E-state index is -0.684. The second-order valence-corrected chi connectivity index (χ2v) is 9.87. The van der Waals surface area contributed by atoms with E-state index in [9.17, 15) is 14.0 Å². The maximum Gasteiger partial charge on any atom is 0.268 e. The number of nitrogens with zero attached hydrogens (tertiary/aromatic N) is 2. The summed E-state index contributed by atoms with van der Waals surface area (Å²) in [6.07, 6.45) is 1.70. The van der Waals surface area contributed by atoms with Crippen LogP contribution in [-0.2, 0) is 5.54 Å². The second kappa shape index (κ2) is 9.76. The minimum Gasteiger partial charge on any atom is -0.364 e. The molecule has 0 bridgehead atoms. The van der Waals surface area contributed by atoms with Gasteiger partial charge in [-0.05, 0) is 79.6 Å². The van der Waals surface area contributed by atoms with E-state index in [4.69, 9.17) is 17.3 Å². The Kier molecular flexibility index (Phi) is 6.46. The van der Waals surface area contributed by atoms with E-state index in [-0.39, 0.29) is 11.6 Å². The topological polar surface area (TPSA) is 89.5 Å². The van der Waals surface area contributed by atoms with Crippen molar-refractivity contribution in [3.63, 3.8) is 0 Å². The number of carbonyl (C=O) groups excluding carboxylic acids is 2. The Morgan fingerprint density at radius 3 is 2.32 bits per heavy atom. The van der Waals surface area contributed by atoms with Crippen molar-refractivity contribution in [2.75, 3.05) is 0 Å². The van der Waals surface area contributed by atoms with E-state index in [1.54, 1.807) is 53.1 Å². The highest BCUT2D eigenvalue weighted by molar-refractivity contribution is 6.33. The Hall–Kier alpha value is -4.49. The van der Waals surface area contributed by atoms with Crippen LogP contribution in [0.25, 0.3) is 28.0 Å². The lowest BCUT2D eigenvalue weighted by Gasteiger charge is -2.27. The first kappa shape index (κ1) is 25.2. The number of nitrogens with one attached hydrogen (secondary N) is 1. The normalized spacial score (nSPS) is 11.5. The lowest BCUT2D eigenvalue weighted by Crippen LogP contribution is -2.40. The van der Waals surface area contributed by atoms with Gasteiger partial charge in [0, 0.05) is 27.9 Å². The third-order valence-electron chi connectivity index (χ3n) is 6.43. The van der Waals surface area contributed by atoms with Crippen molar-refractivity contribution in [1.29, 1.82) is 0 Å². The van der Waals surface area contributed by atoms with Crippen LogP contribution < -0.4 is 11.1 Å². The van der Waals surface area contributed by atoms with Crippen LogP contribution in [0.5, 0.6) is 0 Å². The summed E-state index contributed by atoms with van der Waals surface area (Å²) in [5.74, 6) is -1.33. The summed E-state index contributed by atoms with van der Waals surface area (Å²) in [5.41, 5.74) is 9.34. The molecular formula is C30H24ClFN4O2. The number of pyridine rings is 1. The predicted molar refractivity (Wildman–Crippen MR) is 146 cm³/mol. The van der Waals surface area contributed by atoms with Gasteiger partial charge in [-0.1, -0.05) is 41.9 Å². The molecule has 0 aliphatic heterocycles. The van der Waals surface area contributed by atoms with E-state index in [2.05, 4.69) is 10.3 Å². The molecule has 5 rings (SSSR count). The summed E-state index contributed by atoms with van der Waals surface area (Å²) in [5, 5.41) is 3.51. The number of halogens is 2. The van der Waals surface area contributed by atoms with Crippen LogP contribution in [0.4, 0.5) is 4.39 Å². The predicted octanol–water partition coefficient (Wildman–Crippen LogP) is 6.22. The van der Waals surface area contributed by atoms with Crippen LogP contribution in [0.1, 0.15) is 40.3 Å². The van der Waals surface area contributed by atoms with Crippen molar-refractivity contribution in [3.05, 3.63) is 119 Å². The smallest absolute Gasteiger partial charge is 0.268 e. The summed E-state index contributed by atoms with van der Waals surface area (Å²) in [4.78, 5) is 30.2. The van der Waals surface area contributed by atoms with Gasteiger partial charge in [-0.2, -0.15) is 0 Å². The van der Waals surface area contributed by atoms with Crippen molar-refractivity contribution >= 4 is 29.1 Å². The van der Waals surface area contributed by atoms with Gasteiger partial charge in [0.1, 0.15) is 22.9 Å². The Morgan fingerprint density at radius 2 is 1.63 bits per heavy atom. The molecule has 3 aromatic carbocycles. The third kappa shape index (κ3) is 4.76. The lowest BCUT2D eigenvalue weighted by atomic mass is 9.93. The van der Waals surface area contributed by atoms with E-state index >= 15 is 0 Å². The van der Waals surface area contributed by atoms with E-state index in [1.165, 1.54) is 12.1 Å². The number of amides is 2. The molecule has 190 valence electrons. The fraction of sp³-hybridized carbons (Fsp3) is 0.100. The first-order valence-corrected chi connectivity index (χ1v) is 12.3. The number of aromatic nitrogens is 2. The first-order chi connectivity index (χ1) is 18.1. The van der Waals surface area contributed by atoms with Crippen LogP contribution in [0.2, 0.25) is 5.02 Å². The summed E-state index contributed by atoms with van der Waals surface area (Å²) in [7, 11) is 0. The largest absolute Gasteiger partial charge is 0.364 e. The van der Waals surface area contributed by atoms with Gasteiger partial charge in [0.25, 0.3) is 11.8 Å². The van der Waals surface area contributed by atoms with Gasteiger partial charge < -0.3 is 11.1 Å². The van der Waals surface area contributed by atoms with Crippen molar-refractivity contribution in [1.82, 2.24) is 14.7 Å². The zero-order chi connectivity index (χ0) is 27.0. The van der Waals surface area contributed by atoms with Crippen molar-refractivity contribution in [2.24, 2.45) is 5.73 Å². The molecule has 0 aliphatic rings. The van der Waals surface area contributed by atoms with Gasteiger partial charge in [-0.3, -0.25) is 14.0 Å². The zero-order valence-corrected chi connectivity index (χ0v) is 21.5. The number of hydrogen-bond acceptors (Lipinski definition) is 3. The van der Waals surface area contributed by atoms with Crippen molar-refractivity contribution < 1.29 is 14.0 Å². The number of rotatable bonds is 6. The molecule has 0 atom stereocenters. The number of benzene rings is 3. The molecular weight excluding hydrogens is 503 g/mol. The maximum atomic E-state index is 13.5. The zero-order valence-electron chi connectivity index (χ0n) is 20.7. The van der Waals surface area contributed by atoms with Gasteiger partial charge in [0.15, 0.2) is 0 Å². The number of fused-ring (bicyclic) bond motifs is 1. The lowest BCUT2D eigenvalue weighted by molar-refractivity contribution is 0.0911. The Bertz CT molecular complexity index is 1680. The van der Waals surface area contributed by atoms with E-state index in [0.717, 1.165) is 5.56 Å². The highest BCUT2D eigenvalue weighted by atomic mass is 35.5. The van der Waals surface area contributed by atoms with Crippen LogP contribution >= 0.6 is 11.6 Å². The van der Waals surface area contributed by atoms with Crippen molar-refractivity contribution in [2.45, 2.75) is 19.4 Å². The van der Waals surface area contributed by atoms with Crippen LogP contribution in [-0.4, -0.2) is 21.2 Å². The van der Waals surface area contributed by atoms with Crippen molar-refractivity contribution in [3.8, 4) is 22.4 Å². The first-order valence-electron chi connectivity index (χ1n) is 11.9. The molecule has 0 saturated carbocycles. The molecule has 0 radical (unpaired) electrons. The molecule has 8 heteroatoms. The number of hydrogen-bond donors (Lipinski definition) is 2. The molecule has 0 saturated heterocycles. The Morgan fingerprint density at radius 1 is 0.947 bits per heavy atom. The summed E-state index contributed by atoms with van der Waals surface area (Å²) in [6, 6.07) is 24.0. The average Bonchev–Trinajstić information content (AvgIpc) is 3.28. The van der Waals surface area contributed by atoms with E-state index in [1.807, 2.05) is 44.2 Å². The molecule has 2 amide bonds. The average molecular weight is 527 g/mol. The second-order valence-electron chi connectivity index (χ2n) is 9.47. The molecule has 5 aromatic rings. The summed E-state index contributed by atoms with van der Waals surface area (Å²) in [6.45, 7) is 3.88. The molecule has 2 aromatic heterocycles. The molecule has 0 fully saturated rings. The third-order valence-corrected chi connectivity index (χ3v) is 6.76. The van der Waals surface area contributed by atoms with Gasteiger partial charge in [-0.25, -0.2) is 9.37 Å². The molecule has 38 heavy (non-hydrogen) atoms. The van der Waals surface area contributed by atoms with Gasteiger partial charge in [-0.15, -0.1) is 0 Å². The molecule has 6 nitrogen and oxygen atoms in total. The van der Waals surface area contributed by atoms with Crippen LogP contribution in [0.3, 0.4) is 0 Å². The number of imidazole rings is 1. The standard InChI is InChI=1S/C30H24ClFN4O2/c1-30(2,21-6-4-3-5-7-21)35-29(38)19-10-14-24(31)23(16-19)20-11-15-25-34-26(18-8-12-22(32)13-9-18)27(28(33)37)36(25)17-20/h3-17H,1-2H3,(H2,33,37)(H,35,38). The Labute approximate surface area is 223 Å². The molecule has 3 N–H and O–H groups in total. The molecule has 0 spiro atoms. The molecule has 2 heterocycles. The SMILES string of the molecule is CC(C)(NC(=O)c1ccc(Cl)c(-c2ccc3nc(-c4ccc(F)cc4)c(C(N)=O)n3c2)c1)c1ccccc1. The van der Waals surface area contributed by atoms with Gasteiger partial charge in [0.2, 0.25) is 0 Å². The maximum absolute atomic E-state index is 13.5. The molecule has 0 aliphatic carbocycles. The number of primary amides is 1.